The first-order valence-corrected chi connectivity index (χ1v) is 6.58. The number of thiol groups is 1. The molecule has 0 N–H and O–H groups in total. The second-order valence-corrected chi connectivity index (χ2v) is 5.10. The maximum Gasteiger partial charge on any atom is -0.00923 e. The number of hydrogen-bond donors (Lipinski definition) is 1. The lowest BCUT2D eigenvalue weighted by Gasteiger charge is -2.14. The molecule has 92 valence electrons. The zero-order valence-electron chi connectivity index (χ0n) is 11.2. The molecular weight excluding hydrogens is 224 g/mol. The van der Waals surface area contributed by atoms with Gasteiger partial charge in [0.2, 0.25) is 0 Å². The van der Waals surface area contributed by atoms with Crippen LogP contribution < -0.4 is 0 Å². The highest BCUT2D eigenvalue weighted by Crippen LogP contribution is 2.23. The molecular formula is C16H22S. The molecule has 0 bridgehead atoms. The van der Waals surface area contributed by atoms with E-state index in [0.717, 1.165) is 11.3 Å². The van der Waals surface area contributed by atoms with E-state index < -0.39 is 0 Å². The van der Waals surface area contributed by atoms with Crippen molar-refractivity contribution in [1.29, 1.82) is 0 Å². The summed E-state index contributed by atoms with van der Waals surface area (Å²) in [6.45, 7) is 8.61. The number of allylic oxidation sites excluding steroid dienone is 4. The van der Waals surface area contributed by atoms with Crippen LogP contribution in [0.4, 0.5) is 0 Å². The Balaban J connectivity index is 2.81. The maximum absolute atomic E-state index is 4.56. The van der Waals surface area contributed by atoms with Crippen LogP contribution in [0.15, 0.2) is 41.3 Å². The van der Waals surface area contributed by atoms with Gasteiger partial charge in [-0.15, -0.1) is 12.6 Å². The van der Waals surface area contributed by atoms with E-state index in [1.54, 1.807) is 0 Å². The zero-order chi connectivity index (χ0) is 12.8. The van der Waals surface area contributed by atoms with Crippen molar-refractivity contribution in [3.63, 3.8) is 0 Å². The Morgan fingerprint density at radius 1 is 1.35 bits per heavy atom. The fourth-order valence-corrected chi connectivity index (χ4v) is 2.00. The van der Waals surface area contributed by atoms with Gasteiger partial charge in [-0.1, -0.05) is 43.4 Å². The highest BCUT2D eigenvalue weighted by atomic mass is 32.1. The predicted octanol–water partition coefficient (Wildman–Crippen LogP) is 4.87. The Labute approximate surface area is 111 Å². The molecule has 0 aliphatic carbocycles. The molecule has 0 aliphatic heterocycles. The van der Waals surface area contributed by atoms with Crippen LogP contribution >= 0.6 is 12.6 Å². The van der Waals surface area contributed by atoms with Crippen LogP contribution in [0.5, 0.6) is 0 Å². The van der Waals surface area contributed by atoms with Crippen LogP contribution in [0.3, 0.4) is 0 Å². The molecule has 0 nitrogen and oxygen atoms in total. The molecule has 1 aromatic carbocycles. The van der Waals surface area contributed by atoms with Crippen LogP contribution in [0.25, 0.3) is 0 Å². The van der Waals surface area contributed by atoms with Crippen molar-refractivity contribution in [1.82, 2.24) is 0 Å². The summed E-state index contributed by atoms with van der Waals surface area (Å²) in [5.74, 6) is 0.468. The van der Waals surface area contributed by atoms with Gasteiger partial charge >= 0.3 is 0 Å². The molecule has 17 heavy (non-hydrogen) atoms. The monoisotopic (exact) mass is 246 g/mol. The second kappa shape index (κ2) is 6.70. The zero-order valence-corrected chi connectivity index (χ0v) is 12.1. The van der Waals surface area contributed by atoms with Crippen molar-refractivity contribution < 1.29 is 0 Å². The molecule has 1 aromatic rings. The number of benzene rings is 1. The van der Waals surface area contributed by atoms with Gasteiger partial charge < -0.3 is 0 Å². The fraction of sp³-hybridized carbons (Fsp3) is 0.375. The average molecular weight is 246 g/mol. The SMILES string of the molecule is C/C=C\C=C(/S)C(C)Cc1cccc(C)c1C. The standard InChI is InChI=1S/C16H22S/c1-5-6-10-16(17)13(3)11-15-9-7-8-12(2)14(15)4/h5-10,13,17H,11H2,1-4H3/b6-5-,16-10-. The molecule has 0 saturated heterocycles. The summed E-state index contributed by atoms with van der Waals surface area (Å²) >= 11 is 4.56. The number of rotatable bonds is 4. The summed E-state index contributed by atoms with van der Waals surface area (Å²) in [7, 11) is 0. The van der Waals surface area contributed by atoms with E-state index in [9.17, 15) is 0 Å². The maximum atomic E-state index is 4.56. The van der Waals surface area contributed by atoms with Crippen LogP contribution in [0, 0.1) is 19.8 Å². The van der Waals surface area contributed by atoms with Gasteiger partial charge in [0.15, 0.2) is 0 Å². The molecule has 1 atom stereocenters. The van der Waals surface area contributed by atoms with E-state index >= 15 is 0 Å². The Bertz CT molecular complexity index is 427. The minimum atomic E-state index is 0.468. The molecule has 1 unspecified atom stereocenters. The lowest BCUT2D eigenvalue weighted by Crippen LogP contribution is -2.02. The first-order valence-electron chi connectivity index (χ1n) is 6.13. The predicted molar refractivity (Wildman–Crippen MR) is 80.7 cm³/mol. The highest BCUT2D eigenvalue weighted by Gasteiger charge is 2.08. The van der Waals surface area contributed by atoms with Gasteiger partial charge in [-0.3, -0.25) is 0 Å². The average Bonchev–Trinajstić information content (AvgIpc) is 2.31. The molecule has 0 amide bonds. The van der Waals surface area contributed by atoms with Gasteiger partial charge in [-0.05, 0) is 54.7 Å². The molecule has 0 fully saturated rings. The number of aryl methyl sites for hydroxylation is 1. The van der Waals surface area contributed by atoms with Crippen molar-refractivity contribution in [3.8, 4) is 0 Å². The van der Waals surface area contributed by atoms with Gasteiger partial charge in [0.05, 0.1) is 0 Å². The largest absolute Gasteiger partial charge is 0.148 e. The van der Waals surface area contributed by atoms with E-state index in [2.05, 4.69) is 57.7 Å². The van der Waals surface area contributed by atoms with Gasteiger partial charge in [0.1, 0.15) is 0 Å². The van der Waals surface area contributed by atoms with Gasteiger partial charge in [0, 0.05) is 0 Å². The Kier molecular flexibility index (Phi) is 5.57. The summed E-state index contributed by atoms with van der Waals surface area (Å²) < 4.78 is 0. The minimum Gasteiger partial charge on any atom is -0.148 e. The summed E-state index contributed by atoms with van der Waals surface area (Å²) in [5, 5.41) is 0. The van der Waals surface area contributed by atoms with Crippen molar-refractivity contribution in [2.24, 2.45) is 5.92 Å². The van der Waals surface area contributed by atoms with Crippen molar-refractivity contribution in [3.05, 3.63) is 58.0 Å². The first-order chi connectivity index (χ1) is 8.06. The van der Waals surface area contributed by atoms with Crippen LogP contribution in [-0.4, -0.2) is 0 Å². The number of hydrogen-bond acceptors (Lipinski definition) is 1. The lowest BCUT2D eigenvalue weighted by molar-refractivity contribution is 0.709. The van der Waals surface area contributed by atoms with Crippen molar-refractivity contribution in [2.75, 3.05) is 0 Å². The van der Waals surface area contributed by atoms with Gasteiger partial charge in [-0.25, -0.2) is 0 Å². The lowest BCUT2D eigenvalue weighted by atomic mass is 9.94. The van der Waals surface area contributed by atoms with E-state index in [4.69, 9.17) is 0 Å². The van der Waals surface area contributed by atoms with E-state index in [0.29, 0.717) is 5.92 Å². The minimum absolute atomic E-state index is 0.468. The van der Waals surface area contributed by atoms with Crippen LogP contribution in [0.2, 0.25) is 0 Å². The van der Waals surface area contributed by atoms with Crippen molar-refractivity contribution in [2.45, 2.75) is 34.1 Å². The molecule has 0 aliphatic rings. The Morgan fingerprint density at radius 3 is 2.71 bits per heavy atom. The third-order valence-electron chi connectivity index (χ3n) is 3.21. The Hall–Kier alpha value is -0.950. The van der Waals surface area contributed by atoms with E-state index in [1.165, 1.54) is 16.7 Å². The normalized spacial score (nSPS) is 14.3. The molecule has 0 heterocycles. The smallest absolute Gasteiger partial charge is 0.00923 e. The first kappa shape index (κ1) is 14.1. The third kappa shape index (κ3) is 4.08. The molecule has 0 spiro atoms. The molecule has 0 aromatic heterocycles. The summed E-state index contributed by atoms with van der Waals surface area (Å²) in [5.41, 5.74) is 4.21. The molecule has 1 rings (SSSR count). The van der Waals surface area contributed by atoms with Gasteiger partial charge in [-0.2, -0.15) is 0 Å². The fourth-order valence-electron chi connectivity index (χ4n) is 1.83. The highest BCUT2D eigenvalue weighted by molar-refractivity contribution is 7.84. The van der Waals surface area contributed by atoms with Crippen LogP contribution in [-0.2, 0) is 6.42 Å². The third-order valence-corrected chi connectivity index (χ3v) is 3.80. The van der Waals surface area contributed by atoms with Crippen molar-refractivity contribution >= 4 is 12.6 Å². The summed E-state index contributed by atoms with van der Waals surface area (Å²) in [6, 6.07) is 6.52. The van der Waals surface area contributed by atoms with Crippen LogP contribution in [0.1, 0.15) is 30.5 Å². The molecule has 0 saturated carbocycles. The van der Waals surface area contributed by atoms with E-state index in [-0.39, 0.29) is 0 Å². The second-order valence-electron chi connectivity index (χ2n) is 4.58. The van der Waals surface area contributed by atoms with Gasteiger partial charge in [0.25, 0.3) is 0 Å². The molecule has 0 radical (unpaired) electrons. The molecule has 1 heteroatoms. The summed E-state index contributed by atoms with van der Waals surface area (Å²) in [6.07, 6.45) is 7.21. The topological polar surface area (TPSA) is 0 Å². The Morgan fingerprint density at radius 2 is 2.06 bits per heavy atom. The summed E-state index contributed by atoms with van der Waals surface area (Å²) in [4.78, 5) is 1.14. The van der Waals surface area contributed by atoms with E-state index in [1.807, 2.05) is 19.1 Å². The quantitative estimate of drug-likeness (QED) is 0.568.